The highest BCUT2D eigenvalue weighted by atomic mass is 16.5. The summed E-state index contributed by atoms with van der Waals surface area (Å²) in [5.74, 6) is -0.316. The second-order valence-electron chi connectivity index (χ2n) is 12.8. The van der Waals surface area contributed by atoms with Gasteiger partial charge < -0.3 is 29.9 Å². The van der Waals surface area contributed by atoms with Crippen LogP contribution in [0.15, 0.2) is 23.8 Å². The topological polar surface area (TPSA) is 116 Å². The number of aliphatic hydroxyl groups is 4. The van der Waals surface area contributed by atoms with Crippen LogP contribution in [0.3, 0.4) is 0 Å². The lowest BCUT2D eigenvalue weighted by Crippen LogP contribution is -2.31. The summed E-state index contributed by atoms with van der Waals surface area (Å²) in [7, 11) is 0. The molecule has 2 rings (SSSR count). The van der Waals surface area contributed by atoms with Crippen molar-refractivity contribution in [3.63, 3.8) is 0 Å². The van der Waals surface area contributed by atoms with Gasteiger partial charge in [0.1, 0.15) is 6.10 Å². The number of unbranched alkanes of at least 4 members (excludes halogenated alkanes) is 9. The second kappa shape index (κ2) is 22.3. The molecule has 7 heteroatoms. The van der Waals surface area contributed by atoms with Gasteiger partial charge in [-0.25, -0.2) is 4.79 Å². The minimum absolute atomic E-state index is 0.181. The molecule has 2 aliphatic heterocycles. The van der Waals surface area contributed by atoms with Gasteiger partial charge in [-0.05, 0) is 77.2 Å². The van der Waals surface area contributed by atoms with E-state index < -0.39 is 18.3 Å². The Morgan fingerprint density at radius 2 is 1.29 bits per heavy atom. The zero-order valence-corrected chi connectivity index (χ0v) is 26.6. The summed E-state index contributed by atoms with van der Waals surface area (Å²) in [6.45, 7) is 4.06. The predicted molar refractivity (Wildman–Crippen MR) is 168 cm³/mol. The lowest BCUT2D eigenvalue weighted by Gasteiger charge is -2.22. The van der Waals surface area contributed by atoms with Crippen LogP contribution in [0, 0.1) is 0 Å². The van der Waals surface area contributed by atoms with Crippen molar-refractivity contribution >= 4 is 5.97 Å². The van der Waals surface area contributed by atoms with Crippen LogP contribution in [0.25, 0.3) is 0 Å². The summed E-state index contributed by atoms with van der Waals surface area (Å²) in [4.78, 5) is 11.6. The van der Waals surface area contributed by atoms with Crippen LogP contribution in [0.2, 0.25) is 0 Å². The second-order valence-corrected chi connectivity index (χ2v) is 12.8. The van der Waals surface area contributed by atoms with Crippen LogP contribution < -0.4 is 0 Å². The van der Waals surface area contributed by atoms with E-state index in [1.807, 2.05) is 6.92 Å². The van der Waals surface area contributed by atoms with Crippen molar-refractivity contribution in [2.45, 2.75) is 191 Å². The van der Waals surface area contributed by atoms with Crippen LogP contribution in [0.1, 0.15) is 149 Å². The summed E-state index contributed by atoms with van der Waals surface area (Å²) in [6.07, 6.45) is 23.4. The monoisotopic (exact) mass is 594 g/mol. The molecule has 0 spiro atoms. The molecule has 0 bridgehead atoms. The first-order valence-corrected chi connectivity index (χ1v) is 17.2. The van der Waals surface area contributed by atoms with Crippen molar-refractivity contribution in [2.24, 2.45) is 0 Å². The molecule has 1 saturated heterocycles. The van der Waals surface area contributed by atoms with Gasteiger partial charge in [-0.15, -0.1) is 0 Å². The Hall–Kier alpha value is -1.25. The number of aliphatic hydroxyl groups excluding tert-OH is 4. The smallest absolute Gasteiger partial charge is 0.334 e. The largest absolute Gasteiger partial charge is 0.455 e. The summed E-state index contributed by atoms with van der Waals surface area (Å²) >= 11 is 0. The number of ether oxygens (including phenoxy) is 2. The molecule has 42 heavy (non-hydrogen) atoms. The highest BCUT2D eigenvalue weighted by Crippen LogP contribution is 2.28. The molecule has 0 radical (unpaired) electrons. The van der Waals surface area contributed by atoms with Crippen LogP contribution in [-0.2, 0) is 14.3 Å². The van der Waals surface area contributed by atoms with E-state index in [-0.39, 0.29) is 30.4 Å². The summed E-state index contributed by atoms with van der Waals surface area (Å²) in [5, 5.41) is 41.7. The van der Waals surface area contributed by atoms with Gasteiger partial charge in [0.05, 0.1) is 36.6 Å². The van der Waals surface area contributed by atoms with Gasteiger partial charge >= 0.3 is 5.97 Å². The first-order chi connectivity index (χ1) is 20.3. The molecule has 7 atom stereocenters. The number of cyclic esters (lactones) is 1. The summed E-state index contributed by atoms with van der Waals surface area (Å²) < 4.78 is 11.1. The lowest BCUT2D eigenvalue weighted by atomic mass is 9.99. The van der Waals surface area contributed by atoms with Crippen molar-refractivity contribution < 1.29 is 34.7 Å². The number of rotatable bonds is 25. The van der Waals surface area contributed by atoms with Gasteiger partial charge in [-0.1, -0.05) is 83.3 Å². The van der Waals surface area contributed by atoms with Crippen molar-refractivity contribution in [2.75, 3.05) is 0 Å². The summed E-state index contributed by atoms with van der Waals surface area (Å²) in [5.41, 5.74) is 0.574. The van der Waals surface area contributed by atoms with E-state index in [9.17, 15) is 25.2 Å². The quantitative estimate of drug-likeness (QED) is 0.0520. The molecule has 0 aliphatic carbocycles. The lowest BCUT2D eigenvalue weighted by molar-refractivity contribution is -0.139. The molecular formula is C35H62O7. The minimum Gasteiger partial charge on any atom is -0.455 e. The van der Waals surface area contributed by atoms with E-state index in [2.05, 4.69) is 19.1 Å². The third-order valence-electron chi connectivity index (χ3n) is 8.77. The molecule has 1 fully saturated rings. The fraction of sp³-hybridized carbons (Fsp3) is 0.857. The Morgan fingerprint density at radius 1 is 0.738 bits per heavy atom. The third-order valence-corrected chi connectivity index (χ3v) is 8.77. The Labute approximate surface area is 255 Å². The molecule has 0 aromatic carbocycles. The molecule has 0 amide bonds. The van der Waals surface area contributed by atoms with Gasteiger partial charge in [-0.2, -0.15) is 0 Å². The average molecular weight is 595 g/mol. The van der Waals surface area contributed by atoms with Crippen molar-refractivity contribution in [3.8, 4) is 0 Å². The number of carbonyl (C=O) groups excluding carboxylic acids is 1. The molecule has 2 heterocycles. The van der Waals surface area contributed by atoms with Gasteiger partial charge in [0, 0.05) is 12.0 Å². The van der Waals surface area contributed by atoms with E-state index in [1.54, 1.807) is 6.08 Å². The highest BCUT2D eigenvalue weighted by Gasteiger charge is 2.34. The molecule has 7 nitrogen and oxygen atoms in total. The standard InChI is InChI=1S/C35H62O7/c1-3-4-5-6-7-8-9-10-11-15-21-31(38)33-23-24-34(42-33)32(39)22-17-16-19-29(36)18-13-12-14-20-30(37)26-28-25-27(2)41-35(28)40/h10-11,25,27,29-34,36-39H,3-9,12-24,26H2,1-2H3/b11-10-/t27-,29+,30+,31-,32+,33+,34-/m0/s1. The maximum atomic E-state index is 11.6. The van der Waals surface area contributed by atoms with Gasteiger partial charge in [0.25, 0.3) is 0 Å². The maximum absolute atomic E-state index is 11.6. The van der Waals surface area contributed by atoms with Crippen molar-refractivity contribution in [1.82, 2.24) is 0 Å². The van der Waals surface area contributed by atoms with E-state index in [1.165, 1.54) is 38.5 Å². The molecule has 0 unspecified atom stereocenters. The van der Waals surface area contributed by atoms with Crippen LogP contribution in [0.4, 0.5) is 0 Å². The van der Waals surface area contributed by atoms with E-state index in [0.29, 0.717) is 31.3 Å². The zero-order valence-electron chi connectivity index (χ0n) is 26.6. The van der Waals surface area contributed by atoms with Crippen LogP contribution in [-0.4, -0.2) is 69.1 Å². The van der Waals surface area contributed by atoms with E-state index in [0.717, 1.165) is 70.6 Å². The minimum atomic E-state index is -0.533. The number of hydrogen-bond acceptors (Lipinski definition) is 7. The first kappa shape index (κ1) is 36.9. The predicted octanol–water partition coefficient (Wildman–Crippen LogP) is 6.84. The average Bonchev–Trinajstić information content (AvgIpc) is 3.58. The molecule has 0 saturated carbocycles. The highest BCUT2D eigenvalue weighted by molar-refractivity contribution is 5.90. The Balaban J connectivity index is 1.43. The van der Waals surface area contributed by atoms with Crippen molar-refractivity contribution in [3.05, 3.63) is 23.8 Å². The molecule has 0 aromatic heterocycles. The molecule has 4 N–H and O–H groups in total. The maximum Gasteiger partial charge on any atom is 0.334 e. The molecule has 0 aromatic rings. The fourth-order valence-electron chi connectivity index (χ4n) is 6.12. The zero-order chi connectivity index (χ0) is 30.6. The Morgan fingerprint density at radius 3 is 1.95 bits per heavy atom. The van der Waals surface area contributed by atoms with Crippen molar-refractivity contribution in [1.29, 1.82) is 0 Å². The number of carbonyl (C=O) groups is 1. The number of hydrogen-bond donors (Lipinski definition) is 4. The van der Waals surface area contributed by atoms with Crippen LogP contribution in [0.5, 0.6) is 0 Å². The first-order valence-electron chi connectivity index (χ1n) is 17.2. The molecular weight excluding hydrogens is 532 g/mol. The Kier molecular flexibility index (Phi) is 19.6. The van der Waals surface area contributed by atoms with Gasteiger partial charge in [-0.3, -0.25) is 0 Å². The summed E-state index contributed by atoms with van der Waals surface area (Å²) in [6, 6.07) is 0. The normalized spacial score (nSPS) is 23.7. The SMILES string of the molecule is CCCCCCCC/C=C\CC[C@H](O)[C@H]1CC[C@@H]([C@H](O)CCCC[C@H](O)CCCCC[C@@H](O)CC2=C[C@H](C)OC2=O)O1. The van der Waals surface area contributed by atoms with Crippen LogP contribution >= 0.6 is 0 Å². The van der Waals surface area contributed by atoms with E-state index in [4.69, 9.17) is 9.47 Å². The molecule has 244 valence electrons. The molecule has 2 aliphatic rings. The van der Waals surface area contributed by atoms with E-state index >= 15 is 0 Å². The van der Waals surface area contributed by atoms with Gasteiger partial charge in [0.15, 0.2) is 0 Å². The third kappa shape index (κ3) is 16.0. The van der Waals surface area contributed by atoms with Gasteiger partial charge in [0.2, 0.25) is 0 Å². The fourth-order valence-corrected chi connectivity index (χ4v) is 6.12. The Bertz CT molecular complexity index is 766. The number of allylic oxidation sites excluding steroid dienone is 2. The number of esters is 1.